The van der Waals surface area contributed by atoms with Crippen LogP contribution in [0.25, 0.3) is 11.0 Å². The average Bonchev–Trinajstić information content (AvgIpc) is 3.03. The first-order valence-electron chi connectivity index (χ1n) is 6.07. The number of ether oxygens (including phenoxy) is 1. The number of halogens is 1. The summed E-state index contributed by atoms with van der Waals surface area (Å²) in [7, 11) is 0. The van der Waals surface area contributed by atoms with Crippen molar-refractivity contribution in [2.24, 2.45) is 0 Å². The van der Waals surface area contributed by atoms with Gasteiger partial charge in [0.25, 0.3) is 0 Å². The Bertz CT molecular complexity index is 589. The maximum absolute atomic E-state index is 13.0. The first kappa shape index (κ1) is 12.5. The molecule has 0 amide bonds. The number of aliphatic hydroxyl groups excluding tert-OH is 2. The average molecular weight is 267 g/mol. The Morgan fingerprint density at radius 1 is 1.47 bits per heavy atom. The zero-order valence-corrected chi connectivity index (χ0v) is 10.1. The lowest BCUT2D eigenvalue weighted by atomic mass is 10.1. The van der Waals surface area contributed by atoms with Gasteiger partial charge in [0.15, 0.2) is 5.82 Å². The van der Waals surface area contributed by atoms with Crippen LogP contribution in [0.4, 0.5) is 4.39 Å². The van der Waals surface area contributed by atoms with Crippen molar-refractivity contribution >= 4 is 11.0 Å². The van der Waals surface area contributed by atoms with Crippen molar-refractivity contribution in [1.82, 2.24) is 15.0 Å². The molecule has 0 bridgehead atoms. The van der Waals surface area contributed by atoms with Crippen LogP contribution in [-0.2, 0) is 11.4 Å². The van der Waals surface area contributed by atoms with Gasteiger partial charge < -0.3 is 19.9 Å². The molecule has 7 heteroatoms. The van der Waals surface area contributed by atoms with E-state index in [4.69, 9.17) is 9.84 Å². The number of rotatable bonds is 3. The Labute approximate surface area is 108 Å². The van der Waals surface area contributed by atoms with Crippen LogP contribution >= 0.6 is 0 Å². The SMILES string of the molecule is OC[C@H]1O[C@@H](c2nc(CF)c3cc[nH]c3n2)C[C@@H]1O. The molecule has 3 rings (SSSR count). The quantitative estimate of drug-likeness (QED) is 0.758. The van der Waals surface area contributed by atoms with E-state index in [0.717, 1.165) is 0 Å². The van der Waals surface area contributed by atoms with Crippen molar-refractivity contribution in [3.05, 3.63) is 23.8 Å². The fourth-order valence-corrected chi connectivity index (χ4v) is 2.33. The summed E-state index contributed by atoms with van der Waals surface area (Å²) in [6.45, 7) is -0.957. The number of aliphatic hydroxyl groups is 2. The molecule has 0 saturated carbocycles. The van der Waals surface area contributed by atoms with Crippen LogP contribution in [0, 0.1) is 0 Å². The van der Waals surface area contributed by atoms with Gasteiger partial charge in [-0.1, -0.05) is 0 Å². The van der Waals surface area contributed by atoms with Crippen LogP contribution in [0.1, 0.15) is 24.0 Å². The molecule has 2 aromatic rings. The standard InChI is InChI=1S/C12H14FN3O3/c13-4-7-6-1-2-14-11(6)16-12(15-7)9-3-8(18)10(5-17)19-9/h1-2,8-10,17-18H,3-5H2,(H,14,15,16)/t8-,9+,10+/m0/s1. The van der Waals surface area contributed by atoms with Crippen LogP contribution in [-0.4, -0.2) is 44.0 Å². The topological polar surface area (TPSA) is 91.3 Å². The molecule has 1 aliphatic rings. The van der Waals surface area contributed by atoms with Gasteiger partial charge in [0, 0.05) is 18.0 Å². The summed E-state index contributed by atoms with van der Waals surface area (Å²) >= 11 is 0. The second-order valence-electron chi connectivity index (χ2n) is 4.55. The van der Waals surface area contributed by atoms with Crippen LogP contribution in [0.5, 0.6) is 0 Å². The molecule has 3 atom stereocenters. The Balaban J connectivity index is 1.97. The van der Waals surface area contributed by atoms with E-state index in [1.54, 1.807) is 12.3 Å². The first-order chi connectivity index (χ1) is 9.22. The summed E-state index contributed by atoms with van der Waals surface area (Å²) in [5, 5.41) is 19.4. The van der Waals surface area contributed by atoms with Crippen LogP contribution in [0.2, 0.25) is 0 Å². The molecular weight excluding hydrogens is 253 g/mol. The van der Waals surface area contributed by atoms with E-state index in [-0.39, 0.29) is 6.61 Å². The van der Waals surface area contributed by atoms with Gasteiger partial charge in [-0.2, -0.15) is 0 Å². The number of fused-ring (bicyclic) bond motifs is 1. The van der Waals surface area contributed by atoms with Crippen molar-refractivity contribution in [3.8, 4) is 0 Å². The molecule has 0 aliphatic carbocycles. The summed E-state index contributed by atoms with van der Waals surface area (Å²) in [4.78, 5) is 11.3. The number of nitrogens with one attached hydrogen (secondary N) is 1. The van der Waals surface area contributed by atoms with Gasteiger partial charge >= 0.3 is 0 Å². The summed E-state index contributed by atoms with van der Waals surface area (Å²) < 4.78 is 18.5. The minimum absolute atomic E-state index is 0.265. The van der Waals surface area contributed by atoms with Gasteiger partial charge in [0.1, 0.15) is 24.5 Å². The summed E-state index contributed by atoms with van der Waals surface area (Å²) in [6.07, 6.45) is 0.0467. The third kappa shape index (κ3) is 2.09. The lowest BCUT2D eigenvalue weighted by Crippen LogP contribution is -2.24. The molecule has 102 valence electrons. The molecule has 0 spiro atoms. The van der Waals surface area contributed by atoms with Crippen LogP contribution in [0.15, 0.2) is 12.3 Å². The maximum Gasteiger partial charge on any atom is 0.160 e. The van der Waals surface area contributed by atoms with E-state index >= 15 is 0 Å². The number of aromatic amines is 1. The van der Waals surface area contributed by atoms with Gasteiger partial charge in [-0.25, -0.2) is 14.4 Å². The Morgan fingerprint density at radius 3 is 3.00 bits per heavy atom. The van der Waals surface area contributed by atoms with E-state index in [1.807, 2.05) is 0 Å². The predicted octanol–water partition coefficient (Wildman–Crippen LogP) is 0.611. The molecule has 1 saturated heterocycles. The highest BCUT2D eigenvalue weighted by Gasteiger charge is 2.36. The zero-order valence-electron chi connectivity index (χ0n) is 10.1. The number of hydrogen-bond acceptors (Lipinski definition) is 5. The fraction of sp³-hybridized carbons (Fsp3) is 0.500. The normalized spacial score (nSPS) is 27.2. The molecule has 0 radical (unpaired) electrons. The summed E-state index contributed by atoms with van der Waals surface area (Å²) in [5.41, 5.74) is 0.843. The lowest BCUT2D eigenvalue weighted by Gasteiger charge is -2.11. The van der Waals surface area contributed by atoms with E-state index in [0.29, 0.717) is 29.0 Å². The molecule has 3 heterocycles. The van der Waals surface area contributed by atoms with Crippen molar-refractivity contribution in [2.45, 2.75) is 31.4 Å². The van der Waals surface area contributed by atoms with Crippen molar-refractivity contribution in [2.75, 3.05) is 6.61 Å². The highest BCUT2D eigenvalue weighted by atomic mass is 19.1. The van der Waals surface area contributed by atoms with E-state index in [9.17, 15) is 9.50 Å². The van der Waals surface area contributed by atoms with Crippen molar-refractivity contribution in [3.63, 3.8) is 0 Å². The molecule has 1 fully saturated rings. The summed E-state index contributed by atoms with van der Waals surface area (Å²) in [5.74, 6) is 0.331. The van der Waals surface area contributed by atoms with E-state index in [2.05, 4.69) is 15.0 Å². The molecule has 1 aliphatic heterocycles. The zero-order chi connectivity index (χ0) is 13.4. The first-order valence-corrected chi connectivity index (χ1v) is 6.07. The molecule has 19 heavy (non-hydrogen) atoms. The smallest absolute Gasteiger partial charge is 0.160 e. The molecule has 2 aromatic heterocycles. The van der Waals surface area contributed by atoms with Crippen molar-refractivity contribution < 1.29 is 19.3 Å². The third-order valence-corrected chi connectivity index (χ3v) is 3.33. The monoisotopic (exact) mass is 267 g/mol. The molecule has 0 aromatic carbocycles. The van der Waals surface area contributed by atoms with E-state index in [1.165, 1.54) is 0 Å². The Hall–Kier alpha value is -1.57. The molecule has 0 unspecified atom stereocenters. The number of alkyl halides is 1. The fourth-order valence-electron chi connectivity index (χ4n) is 2.33. The largest absolute Gasteiger partial charge is 0.394 e. The molecular formula is C12H14FN3O3. The second-order valence-corrected chi connectivity index (χ2v) is 4.55. The second kappa shape index (κ2) is 4.84. The minimum atomic E-state index is -0.758. The highest BCUT2D eigenvalue weighted by Crippen LogP contribution is 2.32. The van der Waals surface area contributed by atoms with Gasteiger partial charge in [0.05, 0.1) is 18.4 Å². The number of H-pyrrole nitrogens is 1. The maximum atomic E-state index is 13.0. The lowest BCUT2D eigenvalue weighted by molar-refractivity contribution is -0.0247. The number of aromatic nitrogens is 3. The van der Waals surface area contributed by atoms with Gasteiger partial charge in [0.2, 0.25) is 0 Å². The van der Waals surface area contributed by atoms with E-state index < -0.39 is 25.0 Å². The van der Waals surface area contributed by atoms with Crippen LogP contribution in [0.3, 0.4) is 0 Å². The predicted molar refractivity (Wildman–Crippen MR) is 64.0 cm³/mol. The number of hydrogen-bond donors (Lipinski definition) is 3. The molecule has 3 N–H and O–H groups in total. The number of nitrogens with zero attached hydrogens (tertiary/aromatic N) is 2. The van der Waals surface area contributed by atoms with Gasteiger partial charge in [-0.15, -0.1) is 0 Å². The summed E-state index contributed by atoms with van der Waals surface area (Å²) in [6, 6.07) is 1.72. The van der Waals surface area contributed by atoms with Gasteiger partial charge in [-0.3, -0.25) is 0 Å². The third-order valence-electron chi connectivity index (χ3n) is 3.33. The minimum Gasteiger partial charge on any atom is -0.394 e. The van der Waals surface area contributed by atoms with Crippen LogP contribution < -0.4 is 0 Å². The Morgan fingerprint density at radius 2 is 2.32 bits per heavy atom. The Kier molecular flexibility index (Phi) is 3.17. The van der Waals surface area contributed by atoms with Crippen molar-refractivity contribution in [1.29, 1.82) is 0 Å². The van der Waals surface area contributed by atoms with Gasteiger partial charge in [-0.05, 0) is 6.07 Å². The molecule has 6 nitrogen and oxygen atoms in total. The highest BCUT2D eigenvalue weighted by molar-refractivity contribution is 5.77.